The van der Waals surface area contributed by atoms with Gasteiger partial charge in [-0.2, -0.15) is 0 Å². The Morgan fingerprint density at radius 2 is 1.52 bits per heavy atom. The van der Waals surface area contributed by atoms with E-state index in [2.05, 4.69) is 0 Å². The van der Waals surface area contributed by atoms with Gasteiger partial charge in [0, 0.05) is 0 Å². The predicted molar refractivity (Wildman–Crippen MR) is 106 cm³/mol. The van der Waals surface area contributed by atoms with Gasteiger partial charge in [-0.3, -0.25) is 4.31 Å². The highest BCUT2D eigenvalue weighted by Gasteiger charge is 2.28. The molecule has 0 radical (unpaired) electrons. The lowest BCUT2D eigenvalue weighted by molar-refractivity contribution is 0.386. The van der Waals surface area contributed by atoms with Gasteiger partial charge in [0.1, 0.15) is 11.6 Å². The summed E-state index contributed by atoms with van der Waals surface area (Å²) in [6, 6.07) is 15.3. The van der Waals surface area contributed by atoms with Crippen LogP contribution in [0.25, 0.3) is 0 Å². The van der Waals surface area contributed by atoms with E-state index in [0.29, 0.717) is 11.3 Å². The molecular weight excluding hydrogens is 400 g/mol. The van der Waals surface area contributed by atoms with E-state index in [1.807, 2.05) is 0 Å². The summed E-state index contributed by atoms with van der Waals surface area (Å²) < 4.78 is 65.5. The molecule has 0 atom stereocenters. The van der Waals surface area contributed by atoms with Crippen molar-refractivity contribution in [1.29, 1.82) is 0 Å². The van der Waals surface area contributed by atoms with Crippen LogP contribution in [-0.4, -0.2) is 22.6 Å². The van der Waals surface area contributed by atoms with E-state index in [9.17, 15) is 17.2 Å². The third kappa shape index (κ3) is 4.32. The molecule has 0 spiro atoms. The largest absolute Gasteiger partial charge is 0.495 e. The minimum Gasteiger partial charge on any atom is -0.495 e. The molecule has 152 valence electrons. The van der Waals surface area contributed by atoms with Crippen LogP contribution in [0.2, 0.25) is 0 Å². The fraction of sp³-hybridized carbons (Fsp3) is 0.143. The van der Waals surface area contributed by atoms with Gasteiger partial charge in [-0.1, -0.05) is 18.2 Å². The van der Waals surface area contributed by atoms with Crippen LogP contribution in [0.4, 0.5) is 14.5 Å². The van der Waals surface area contributed by atoms with Gasteiger partial charge in [0.05, 0.1) is 31.3 Å². The van der Waals surface area contributed by atoms with Gasteiger partial charge < -0.3 is 9.47 Å². The van der Waals surface area contributed by atoms with Crippen molar-refractivity contribution in [2.75, 3.05) is 18.5 Å². The van der Waals surface area contributed by atoms with Crippen LogP contribution >= 0.6 is 0 Å². The van der Waals surface area contributed by atoms with Crippen LogP contribution in [0, 0.1) is 11.6 Å². The highest BCUT2D eigenvalue weighted by molar-refractivity contribution is 7.92. The summed E-state index contributed by atoms with van der Waals surface area (Å²) in [6.07, 6.45) is 0. The molecule has 29 heavy (non-hydrogen) atoms. The first-order valence-corrected chi connectivity index (χ1v) is 10.0. The number of ether oxygens (including phenoxy) is 2. The molecule has 0 unspecified atom stereocenters. The zero-order valence-corrected chi connectivity index (χ0v) is 16.6. The first-order chi connectivity index (χ1) is 13.9. The van der Waals surface area contributed by atoms with Gasteiger partial charge in [-0.05, 0) is 54.1 Å². The smallest absolute Gasteiger partial charge is 0.264 e. The van der Waals surface area contributed by atoms with Gasteiger partial charge in [-0.15, -0.1) is 0 Å². The van der Waals surface area contributed by atoms with Gasteiger partial charge in [0.25, 0.3) is 10.0 Å². The number of halogens is 2. The van der Waals surface area contributed by atoms with Crippen LogP contribution < -0.4 is 13.8 Å². The van der Waals surface area contributed by atoms with Gasteiger partial charge in [-0.25, -0.2) is 17.2 Å². The van der Waals surface area contributed by atoms with Gasteiger partial charge in [0.2, 0.25) is 0 Å². The Morgan fingerprint density at radius 3 is 2.14 bits per heavy atom. The van der Waals surface area contributed by atoms with Crippen LogP contribution in [0.15, 0.2) is 71.6 Å². The molecule has 0 aromatic heterocycles. The number of nitrogens with zero attached hydrogens (tertiary/aromatic N) is 1. The highest BCUT2D eigenvalue weighted by Crippen LogP contribution is 2.34. The Hall–Kier alpha value is -3.13. The Labute approximate surface area is 168 Å². The molecule has 0 aliphatic carbocycles. The van der Waals surface area contributed by atoms with Crippen LogP contribution in [0.1, 0.15) is 5.56 Å². The molecule has 0 aliphatic heterocycles. The number of methoxy groups -OCH3 is 2. The maximum Gasteiger partial charge on any atom is 0.264 e. The van der Waals surface area contributed by atoms with Crippen LogP contribution in [0.5, 0.6) is 11.5 Å². The molecule has 0 saturated heterocycles. The second kappa shape index (κ2) is 8.48. The zero-order valence-electron chi connectivity index (χ0n) is 15.8. The Morgan fingerprint density at radius 1 is 0.862 bits per heavy atom. The number of rotatable bonds is 7. The number of hydrogen-bond acceptors (Lipinski definition) is 4. The molecule has 5 nitrogen and oxygen atoms in total. The molecule has 8 heteroatoms. The normalized spacial score (nSPS) is 11.2. The average molecular weight is 419 g/mol. The van der Waals surface area contributed by atoms with Crippen molar-refractivity contribution in [1.82, 2.24) is 0 Å². The number of benzene rings is 3. The summed E-state index contributed by atoms with van der Waals surface area (Å²) in [7, 11) is -1.33. The molecule has 3 rings (SSSR count). The van der Waals surface area contributed by atoms with Crippen molar-refractivity contribution < 1.29 is 26.7 Å². The lowest BCUT2D eigenvalue weighted by Gasteiger charge is -2.26. The zero-order chi connectivity index (χ0) is 21.0. The summed E-state index contributed by atoms with van der Waals surface area (Å²) >= 11 is 0. The maximum atomic E-state index is 14.2. The monoisotopic (exact) mass is 419 g/mol. The molecule has 3 aromatic carbocycles. The van der Waals surface area contributed by atoms with Crippen molar-refractivity contribution >= 4 is 15.7 Å². The number of sulfonamides is 1. The second-order valence-corrected chi connectivity index (χ2v) is 7.97. The second-order valence-electron chi connectivity index (χ2n) is 6.11. The summed E-state index contributed by atoms with van der Waals surface area (Å²) in [5, 5.41) is 0. The Bertz CT molecular complexity index is 1100. The van der Waals surface area contributed by atoms with E-state index in [0.717, 1.165) is 16.4 Å². The van der Waals surface area contributed by atoms with Crippen LogP contribution in [-0.2, 0) is 16.6 Å². The predicted octanol–water partition coefficient (Wildman–Crippen LogP) is 4.38. The molecule has 0 saturated carbocycles. The molecule has 0 fully saturated rings. The first-order valence-electron chi connectivity index (χ1n) is 8.60. The van der Waals surface area contributed by atoms with Crippen molar-refractivity contribution in [3.05, 3.63) is 83.9 Å². The SMILES string of the molecule is COc1ccc(CN(c2ccccc2OC)S(=O)(=O)c2ccc(F)cc2)cc1F. The Balaban J connectivity index is 2.11. The molecule has 3 aromatic rings. The maximum absolute atomic E-state index is 14.2. The Kier molecular flexibility index (Phi) is 6.03. The lowest BCUT2D eigenvalue weighted by atomic mass is 10.2. The molecule has 0 N–H and O–H groups in total. The number of anilines is 1. The fourth-order valence-corrected chi connectivity index (χ4v) is 4.31. The number of para-hydroxylation sites is 2. The van der Waals surface area contributed by atoms with E-state index >= 15 is 0 Å². The van der Waals surface area contributed by atoms with Crippen LogP contribution in [0.3, 0.4) is 0 Å². The first kappa shape index (κ1) is 20.6. The minimum atomic E-state index is -4.10. The molecule has 0 aliphatic rings. The molecule has 0 amide bonds. The van der Waals surface area contributed by atoms with Crippen molar-refractivity contribution in [2.45, 2.75) is 11.4 Å². The number of hydrogen-bond donors (Lipinski definition) is 0. The van der Waals surface area contributed by atoms with E-state index < -0.39 is 21.7 Å². The average Bonchev–Trinajstić information content (AvgIpc) is 2.72. The van der Waals surface area contributed by atoms with E-state index in [-0.39, 0.29) is 22.9 Å². The summed E-state index contributed by atoms with van der Waals surface area (Å²) in [5.41, 5.74) is 0.676. The minimum absolute atomic E-state index is 0.0546. The fourth-order valence-electron chi connectivity index (χ4n) is 2.84. The van der Waals surface area contributed by atoms with E-state index in [1.54, 1.807) is 30.3 Å². The quantitative estimate of drug-likeness (QED) is 0.570. The summed E-state index contributed by atoms with van der Waals surface area (Å²) in [5.74, 6) is -0.777. The third-order valence-corrected chi connectivity index (χ3v) is 6.07. The van der Waals surface area contributed by atoms with Crippen molar-refractivity contribution in [2.24, 2.45) is 0 Å². The van der Waals surface area contributed by atoms with Crippen molar-refractivity contribution in [3.63, 3.8) is 0 Å². The third-order valence-electron chi connectivity index (χ3n) is 4.30. The van der Waals surface area contributed by atoms with E-state index in [4.69, 9.17) is 9.47 Å². The summed E-state index contributed by atoms with van der Waals surface area (Å²) in [6.45, 7) is -0.166. The lowest BCUT2D eigenvalue weighted by Crippen LogP contribution is -2.31. The van der Waals surface area contributed by atoms with Gasteiger partial charge >= 0.3 is 0 Å². The molecular formula is C21H19F2NO4S. The van der Waals surface area contributed by atoms with Crippen molar-refractivity contribution in [3.8, 4) is 11.5 Å². The highest BCUT2D eigenvalue weighted by atomic mass is 32.2. The standard InChI is InChI=1S/C21H19F2NO4S/c1-27-20-12-7-15(13-18(20)23)14-24(19-5-3-4-6-21(19)28-2)29(25,26)17-10-8-16(22)9-11-17/h3-13H,14H2,1-2H3. The molecule has 0 heterocycles. The molecule has 0 bridgehead atoms. The van der Waals surface area contributed by atoms with Gasteiger partial charge in [0.15, 0.2) is 11.6 Å². The summed E-state index contributed by atoms with van der Waals surface area (Å²) in [4.78, 5) is -0.0983. The van der Waals surface area contributed by atoms with E-state index in [1.165, 1.54) is 38.5 Å². The topological polar surface area (TPSA) is 55.8 Å².